The summed E-state index contributed by atoms with van der Waals surface area (Å²) in [6.45, 7) is 3.23. The Morgan fingerprint density at radius 3 is 2.89 bits per heavy atom. The van der Waals surface area contributed by atoms with Gasteiger partial charge in [0.1, 0.15) is 5.52 Å². The first-order valence-corrected chi connectivity index (χ1v) is 6.84. The van der Waals surface area contributed by atoms with Crippen LogP contribution in [0.2, 0.25) is 0 Å². The van der Waals surface area contributed by atoms with Gasteiger partial charge in [-0.05, 0) is 30.7 Å². The van der Waals surface area contributed by atoms with Crippen molar-refractivity contribution in [2.24, 2.45) is 11.8 Å². The van der Waals surface area contributed by atoms with Crippen molar-refractivity contribution in [2.75, 3.05) is 12.8 Å². The highest BCUT2D eigenvalue weighted by atomic mass is 16.5. The lowest BCUT2D eigenvalue weighted by atomic mass is 10.1. The van der Waals surface area contributed by atoms with E-state index >= 15 is 0 Å². The van der Waals surface area contributed by atoms with Gasteiger partial charge in [-0.15, -0.1) is 0 Å². The van der Waals surface area contributed by atoms with E-state index in [2.05, 4.69) is 16.9 Å². The fraction of sp³-hybridized carbons (Fsp3) is 0.571. The van der Waals surface area contributed by atoms with Crippen molar-refractivity contribution in [1.29, 1.82) is 0 Å². The quantitative estimate of drug-likeness (QED) is 0.920. The summed E-state index contributed by atoms with van der Waals surface area (Å²) in [6.07, 6.45) is 3.85. The van der Waals surface area contributed by atoms with Crippen molar-refractivity contribution in [3.8, 4) is 5.88 Å². The number of hydrogen-bond acceptors (Lipinski definition) is 4. The number of methoxy groups -OCH3 is 1. The fourth-order valence-electron chi connectivity index (χ4n) is 3.04. The number of hydrogen-bond donors (Lipinski definition) is 1. The number of fused-ring (bicyclic) bond motifs is 1. The van der Waals surface area contributed by atoms with Gasteiger partial charge >= 0.3 is 0 Å². The minimum Gasteiger partial charge on any atom is -0.481 e. The molecule has 2 atom stereocenters. The van der Waals surface area contributed by atoms with Crippen LogP contribution < -0.4 is 10.5 Å². The largest absolute Gasteiger partial charge is 0.481 e. The molecule has 1 fully saturated rings. The number of rotatable bonds is 3. The predicted molar refractivity (Wildman–Crippen MR) is 75.0 cm³/mol. The molecule has 0 aliphatic heterocycles. The Balaban J connectivity index is 1.94. The van der Waals surface area contributed by atoms with Crippen LogP contribution in [0, 0.1) is 11.8 Å². The third-order valence-corrected chi connectivity index (χ3v) is 4.05. The number of nitrogens with zero attached hydrogens (tertiary/aromatic N) is 3. The van der Waals surface area contributed by atoms with E-state index in [0.717, 1.165) is 23.6 Å². The zero-order valence-electron chi connectivity index (χ0n) is 11.5. The van der Waals surface area contributed by atoms with Crippen molar-refractivity contribution in [3.05, 3.63) is 12.1 Å². The van der Waals surface area contributed by atoms with Gasteiger partial charge in [-0.2, -0.15) is 4.98 Å². The van der Waals surface area contributed by atoms with Crippen LogP contribution in [0.5, 0.6) is 5.88 Å². The predicted octanol–water partition coefficient (Wildman–Crippen LogP) is 2.46. The smallest absolute Gasteiger partial charge is 0.215 e. The van der Waals surface area contributed by atoms with E-state index in [0.29, 0.717) is 17.7 Å². The monoisotopic (exact) mass is 260 g/mol. The molecule has 2 aromatic heterocycles. The van der Waals surface area contributed by atoms with E-state index < -0.39 is 0 Å². The van der Waals surface area contributed by atoms with Gasteiger partial charge in [-0.1, -0.05) is 13.3 Å². The molecule has 1 aliphatic carbocycles. The summed E-state index contributed by atoms with van der Waals surface area (Å²) in [5.41, 5.74) is 7.70. The van der Waals surface area contributed by atoms with Crippen LogP contribution in [0.15, 0.2) is 12.1 Å². The Bertz CT molecular complexity index is 592. The molecule has 1 saturated carbocycles. The van der Waals surface area contributed by atoms with Gasteiger partial charge in [-0.25, -0.2) is 4.98 Å². The van der Waals surface area contributed by atoms with E-state index in [9.17, 15) is 0 Å². The molecule has 2 heterocycles. The summed E-state index contributed by atoms with van der Waals surface area (Å²) >= 11 is 0. The number of aromatic nitrogens is 3. The molecule has 0 radical (unpaired) electrons. The summed E-state index contributed by atoms with van der Waals surface area (Å²) in [5.74, 6) is 2.66. The molecule has 3 rings (SSSR count). The Kier molecular flexibility index (Phi) is 3.05. The van der Waals surface area contributed by atoms with Gasteiger partial charge in [0.2, 0.25) is 11.8 Å². The molecule has 5 nitrogen and oxygen atoms in total. The van der Waals surface area contributed by atoms with Crippen LogP contribution in [-0.2, 0) is 6.54 Å². The van der Waals surface area contributed by atoms with E-state index in [4.69, 9.17) is 10.5 Å². The molecule has 2 aromatic rings. The Labute approximate surface area is 112 Å². The Morgan fingerprint density at radius 2 is 2.21 bits per heavy atom. The Hall–Kier alpha value is -1.78. The summed E-state index contributed by atoms with van der Waals surface area (Å²) < 4.78 is 7.21. The maximum absolute atomic E-state index is 6.03. The number of pyridine rings is 1. The maximum Gasteiger partial charge on any atom is 0.215 e. The highest BCUT2D eigenvalue weighted by molar-refractivity contribution is 5.74. The number of nitrogen functional groups attached to an aromatic ring is 1. The number of ether oxygens (including phenoxy) is 1. The van der Waals surface area contributed by atoms with Crippen molar-refractivity contribution in [3.63, 3.8) is 0 Å². The lowest BCUT2D eigenvalue weighted by molar-refractivity contribution is 0.397. The maximum atomic E-state index is 6.03. The highest BCUT2D eigenvalue weighted by Gasteiger charge is 2.23. The minimum absolute atomic E-state index is 0.551. The van der Waals surface area contributed by atoms with Crippen molar-refractivity contribution in [1.82, 2.24) is 14.5 Å². The van der Waals surface area contributed by atoms with E-state index in [1.807, 2.05) is 16.7 Å². The van der Waals surface area contributed by atoms with Crippen LogP contribution in [-0.4, -0.2) is 21.6 Å². The van der Waals surface area contributed by atoms with E-state index in [-0.39, 0.29) is 0 Å². The molecule has 0 bridgehead atoms. The van der Waals surface area contributed by atoms with Gasteiger partial charge in [0.15, 0.2) is 5.65 Å². The molecular formula is C14H20N4O. The van der Waals surface area contributed by atoms with Gasteiger partial charge in [0, 0.05) is 12.6 Å². The Morgan fingerprint density at radius 1 is 1.37 bits per heavy atom. The van der Waals surface area contributed by atoms with Gasteiger partial charge < -0.3 is 10.5 Å². The average Bonchev–Trinajstić information content (AvgIpc) is 2.94. The highest BCUT2D eigenvalue weighted by Crippen LogP contribution is 2.32. The first-order chi connectivity index (χ1) is 9.17. The first-order valence-electron chi connectivity index (χ1n) is 6.84. The van der Waals surface area contributed by atoms with Gasteiger partial charge in [0.25, 0.3) is 0 Å². The summed E-state index contributed by atoms with van der Waals surface area (Å²) in [7, 11) is 1.62. The molecule has 0 saturated heterocycles. The van der Waals surface area contributed by atoms with Crippen molar-refractivity contribution < 1.29 is 4.74 Å². The topological polar surface area (TPSA) is 66.0 Å². The van der Waals surface area contributed by atoms with Crippen molar-refractivity contribution in [2.45, 2.75) is 32.7 Å². The normalized spacial score (nSPS) is 23.1. The number of nitrogens with two attached hydrogens (primary N) is 1. The zero-order valence-corrected chi connectivity index (χ0v) is 11.5. The SMILES string of the molecule is COc1ccc2nc(N)n(CC3CCC(C)C3)c2n1. The van der Waals surface area contributed by atoms with Crippen LogP contribution in [0.25, 0.3) is 11.2 Å². The fourth-order valence-corrected chi connectivity index (χ4v) is 3.04. The summed E-state index contributed by atoms with van der Waals surface area (Å²) in [5, 5.41) is 0. The van der Waals surface area contributed by atoms with Gasteiger partial charge in [0.05, 0.1) is 7.11 Å². The first kappa shape index (κ1) is 12.3. The van der Waals surface area contributed by atoms with Crippen molar-refractivity contribution >= 4 is 17.1 Å². The van der Waals surface area contributed by atoms with Gasteiger partial charge in [-0.3, -0.25) is 4.57 Å². The molecule has 2 unspecified atom stereocenters. The summed E-state index contributed by atoms with van der Waals surface area (Å²) in [4.78, 5) is 8.85. The van der Waals surface area contributed by atoms with E-state index in [1.165, 1.54) is 19.3 Å². The second kappa shape index (κ2) is 4.72. The molecule has 0 spiro atoms. The molecule has 0 amide bonds. The number of anilines is 1. The van der Waals surface area contributed by atoms with Crippen LogP contribution in [0.3, 0.4) is 0 Å². The van der Waals surface area contributed by atoms with E-state index in [1.54, 1.807) is 7.11 Å². The third kappa shape index (κ3) is 2.25. The standard InChI is InChI=1S/C14H20N4O/c1-9-3-4-10(7-9)8-18-13-11(16-14(18)15)5-6-12(17-13)19-2/h5-6,9-10H,3-4,7-8H2,1-2H3,(H2,15,16). The van der Waals surface area contributed by atoms with Crippen LogP contribution in [0.4, 0.5) is 5.95 Å². The number of imidazole rings is 1. The molecule has 102 valence electrons. The molecule has 1 aliphatic rings. The average molecular weight is 260 g/mol. The lowest BCUT2D eigenvalue weighted by Crippen LogP contribution is -2.11. The second-order valence-electron chi connectivity index (χ2n) is 5.56. The molecule has 2 N–H and O–H groups in total. The second-order valence-corrected chi connectivity index (χ2v) is 5.56. The minimum atomic E-state index is 0.551. The van der Waals surface area contributed by atoms with Crippen LogP contribution in [0.1, 0.15) is 26.2 Å². The third-order valence-electron chi connectivity index (χ3n) is 4.05. The van der Waals surface area contributed by atoms with Crippen LogP contribution >= 0.6 is 0 Å². The zero-order chi connectivity index (χ0) is 13.4. The lowest BCUT2D eigenvalue weighted by Gasteiger charge is -2.12. The molecule has 0 aromatic carbocycles. The molecule has 5 heteroatoms. The molecule has 19 heavy (non-hydrogen) atoms. The summed E-state index contributed by atoms with van der Waals surface area (Å²) in [6, 6.07) is 3.72. The molecular weight excluding hydrogens is 240 g/mol.